The van der Waals surface area contributed by atoms with E-state index in [1.165, 1.54) is 116 Å². The number of nitrogens with zero attached hydrogens (tertiary/aromatic N) is 12. The fourth-order valence-corrected chi connectivity index (χ4v) is 20.6. The molecule has 0 saturated carbocycles. The number of hydrogen-bond acceptors (Lipinski definition) is 9. The van der Waals surface area contributed by atoms with Crippen LogP contribution < -0.4 is 0 Å². The molecule has 0 fully saturated rings. The van der Waals surface area contributed by atoms with E-state index in [9.17, 15) is 0 Å². The van der Waals surface area contributed by atoms with E-state index >= 15 is 0 Å². The normalized spacial score (nSPS) is 13.3. The molecule has 0 unspecified atom stereocenters. The number of fused-ring (bicyclic) bond motifs is 18. The monoisotopic (exact) mass is 1690 g/mol. The first-order valence-electron chi connectivity index (χ1n) is 45.1. The van der Waals surface area contributed by atoms with E-state index in [1.54, 1.807) is 0 Å². The van der Waals surface area contributed by atoms with E-state index in [-0.39, 0.29) is 16.2 Å². The Morgan fingerprint density at radius 1 is 0.159 bits per heavy atom. The molecule has 23 aromatic rings. The fourth-order valence-electron chi connectivity index (χ4n) is 20.6. The van der Waals surface area contributed by atoms with Gasteiger partial charge in [0, 0.05) is 93.2 Å². The zero-order chi connectivity index (χ0) is 88.5. The van der Waals surface area contributed by atoms with Crippen molar-refractivity contribution in [3.05, 3.63) is 446 Å². The Morgan fingerprint density at radius 2 is 0.424 bits per heavy atom. The molecule has 0 radical (unpaired) electrons. The summed E-state index contributed by atoms with van der Waals surface area (Å²) in [5, 5.41) is 7.27. The molecule has 6 aromatic heterocycles. The second-order valence-electron chi connectivity index (χ2n) is 36.0. The van der Waals surface area contributed by atoms with Gasteiger partial charge in [0.2, 0.25) is 11.9 Å². The number of rotatable bonds is 11. The summed E-state index contributed by atoms with van der Waals surface area (Å²) in [6.07, 6.45) is 0. The molecular formula is C120H86N12. The van der Waals surface area contributed by atoms with E-state index in [4.69, 9.17) is 44.9 Å². The minimum atomic E-state index is -0.105. The van der Waals surface area contributed by atoms with E-state index in [0.717, 1.165) is 72.3 Å². The van der Waals surface area contributed by atoms with Gasteiger partial charge >= 0.3 is 0 Å². The molecule has 0 atom stereocenters. The molecule has 0 amide bonds. The molecule has 626 valence electrons. The summed E-state index contributed by atoms with van der Waals surface area (Å²) in [5.41, 5.74) is 32.5. The van der Waals surface area contributed by atoms with Crippen LogP contribution in [0.4, 0.5) is 0 Å². The van der Waals surface area contributed by atoms with Crippen molar-refractivity contribution in [3.8, 4) is 142 Å². The van der Waals surface area contributed by atoms with Crippen molar-refractivity contribution in [2.45, 2.75) is 57.8 Å². The van der Waals surface area contributed by atoms with Gasteiger partial charge in [0.05, 0.1) is 33.1 Å². The van der Waals surface area contributed by atoms with E-state index in [1.807, 2.05) is 158 Å². The standard InChI is InChI=1S/2C42H30N4.C36H26N4/c1-42(2)35-21-13-12-20-31(35)33-26-38-34(25-36(33)42)32-23-22-30(27-14-6-3-7-15-27)24-37(32)46(38)41-44-39(28-16-8-4-9-17-28)43-40(45-41)29-18-10-5-11-19-29;1-42(2)35-22-11-9-20-31(35)33-26-38-34(25-36(33)42)32-21-10-12-23-37(32)46(38)30-19-13-18-29(24-30)41-44-39(27-14-5-3-6-15-27)43-40(45-41)28-16-7-4-8-17-28;1-36(2)29-19-11-9-17-25(29)27-22-32-28(21-30(27)36)26-18-10-12-20-31(26)40(32)35-38-33(23-13-5-3-6-14-23)37-34(39-35)24-15-7-4-8-16-24/h2*3-26H,1-2H3;3-22H,1-2H3. The summed E-state index contributed by atoms with van der Waals surface area (Å²) >= 11 is 0. The maximum absolute atomic E-state index is 5.18. The number of benzene rings is 17. The molecule has 3 aliphatic carbocycles. The van der Waals surface area contributed by atoms with Crippen molar-refractivity contribution in [1.82, 2.24) is 58.6 Å². The predicted octanol–water partition coefficient (Wildman–Crippen LogP) is 29.2. The summed E-state index contributed by atoms with van der Waals surface area (Å²) in [6.45, 7) is 14.0. The predicted molar refractivity (Wildman–Crippen MR) is 539 cm³/mol. The number of aromatic nitrogens is 12. The highest BCUT2D eigenvalue weighted by Gasteiger charge is 2.40. The molecule has 132 heavy (non-hydrogen) atoms. The third-order valence-electron chi connectivity index (χ3n) is 27.2. The van der Waals surface area contributed by atoms with Crippen LogP contribution in [-0.4, -0.2) is 58.6 Å². The Hall–Kier alpha value is -16.8. The lowest BCUT2D eigenvalue weighted by atomic mass is 9.82. The van der Waals surface area contributed by atoms with Crippen molar-refractivity contribution in [3.63, 3.8) is 0 Å². The summed E-state index contributed by atoms with van der Waals surface area (Å²) in [5.74, 6) is 5.77. The van der Waals surface area contributed by atoms with Crippen LogP contribution in [0.1, 0.15) is 74.9 Å². The molecule has 0 spiro atoms. The summed E-state index contributed by atoms with van der Waals surface area (Å²) < 4.78 is 6.84. The molecule has 17 aromatic carbocycles. The first kappa shape index (κ1) is 78.6. The van der Waals surface area contributed by atoms with Crippen LogP contribution in [0.15, 0.2) is 413 Å². The molecule has 12 nitrogen and oxygen atoms in total. The Kier molecular flexibility index (Phi) is 18.6. The van der Waals surface area contributed by atoms with E-state index in [0.29, 0.717) is 52.7 Å². The lowest BCUT2D eigenvalue weighted by molar-refractivity contribution is 0.661. The molecule has 6 heterocycles. The maximum atomic E-state index is 5.18. The Labute approximate surface area is 764 Å². The van der Waals surface area contributed by atoms with Crippen LogP contribution in [0.3, 0.4) is 0 Å². The van der Waals surface area contributed by atoms with E-state index < -0.39 is 0 Å². The molecule has 0 saturated heterocycles. The highest BCUT2D eigenvalue weighted by molar-refractivity contribution is 6.15. The Bertz CT molecular complexity index is 8340. The first-order chi connectivity index (χ1) is 64.7. The number of para-hydroxylation sites is 2. The topological polar surface area (TPSA) is 131 Å². The molecule has 0 bridgehead atoms. The summed E-state index contributed by atoms with van der Waals surface area (Å²) in [4.78, 5) is 45.3. The van der Waals surface area contributed by atoms with Crippen LogP contribution >= 0.6 is 0 Å². The second-order valence-corrected chi connectivity index (χ2v) is 36.0. The molecule has 0 N–H and O–H groups in total. The van der Waals surface area contributed by atoms with Crippen LogP contribution in [0.2, 0.25) is 0 Å². The van der Waals surface area contributed by atoms with Gasteiger partial charge in [-0.05, 0) is 145 Å². The highest BCUT2D eigenvalue weighted by atomic mass is 15.2. The third kappa shape index (κ3) is 13.1. The van der Waals surface area contributed by atoms with Gasteiger partial charge in [-0.2, -0.15) is 19.9 Å². The van der Waals surface area contributed by atoms with Crippen molar-refractivity contribution in [2.75, 3.05) is 0 Å². The van der Waals surface area contributed by atoms with Crippen LogP contribution in [0, 0.1) is 0 Å². The first-order valence-corrected chi connectivity index (χ1v) is 45.1. The maximum Gasteiger partial charge on any atom is 0.238 e. The Morgan fingerprint density at radius 3 is 0.788 bits per heavy atom. The Balaban J connectivity index is 0.000000110. The minimum Gasteiger partial charge on any atom is -0.309 e. The average molecular weight is 1700 g/mol. The molecular weight excluding hydrogens is 1610 g/mol. The van der Waals surface area contributed by atoms with Crippen molar-refractivity contribution < 1.29 is 0 Å². The zero-order valence-electron chi connectivity index (χ0n) is 73.6. The minimum absolute atomic E-state index is 0.0607. The molecule has 3 aliphatic rings. The van der Waals surface area contributed by atoms with Gasteiger partial charge in [-0.1, -0.05) is 387 Å². The van der Waals surface area contributed by atoms with Gasteiger partial charge < -0.3 is 4.57 Å². The SMILES string of the molecule is CC1(C)c2ccccc2-c2cc3c(cc21)c1ccc(-c2ccccc2)cc1n3-c1nc(-c2ccccc2)nc(-c2ccccc2)n1.CC1(C)c2ccccc2-c2cc3c(cc21)c1ccccc1n3-c1cccc(-c2nc(-c3ccccc3)nc(-c3ccccc3)n2)c1.CC1(C)c2ccccc2-c2cc3c(cc21)c1ccccc1n3-c1nc(-c2ccccc2)nc(-c2ccccc2)n1. The van der Waals surface area contributed by atoms with Crippen LogP contribution in [0.25, 0.3) is 207 Å². The quantitative estimate of drug-likeness (QED) is 0.124. The second kappa shape index (κ2) is 31.3. The largest absolute Gasteiger partial charge is 0.309 e. The summed E-state index contributed by atoms with van der Waals surface area (Å²) in [7, 11) is 0. The fraction of sp³-hybridized carbons (Fsp3) is 0.0750. The number of hydrogen-bond donors (Lipinski definition) is 0. The average Bonchev–Trinajstić information content (AvgIpc) is 1.56. The van der Waals surface area contributed by atoms with Crippen molar-refractivity contribution in [1.29, 1.82) is 0 Å². The van der Waals surface area contributed by atoms with E-state index in [2.05, 4.69) is 310 Å². The van der Waals surface area contributed by atoms with Crippen LogP contribution in [-0.2, 0) is 16.2 Å². The van der Waals surface area contributed by atoms with Gasteiger partial charge in [-0.3, -0.25) is 9.13 Å². The van der Waals surface area contributed by atoms with Gasteiger partial charge in [-0.25, -0.2) is 24.9 Å². The smallest absolute Gasteiger partial charge is 0.238 e. The van der Waals surface area contributed by atoms with Gasteiger partial charge in [-0.15, -0.1) is 0 Å². The molecule has 26 rings (SSSR count). The molecule has 0 aliphatic heterocycles. The molecule has 12 heteroatoms. The van der Waals surface area contributed by atoms with Crippen molar-refractivity contribution >= 4 is 65.4 Å². The van der Waals surface area contributed by atoms with Gasteiger partial charge in [0.25, 0.3) is 0 Å². The lowest BCUT2D eigenvalue weighted by Crippen LogP contribution is -2.14. The third-order valence-corrected chi connectivity index (χ3v) is 27.2. The van der Waals surface area contributed by atoms with Crippen molar-refractivity contribution in [2.24, 2.45) is 0 Å². The highest BCUT2D eigenvalue weighted by Crippen LogP contribution is 2.55. The van der Waals surface area contributed by atoms with Crippen LogP contribution in [0.5, 0.6) is 0 Å². The lowest BCUT2D eigenvalue weighted by Gasteiger charge is -2.21. The zero-order valence-corrected chi connectivity index (χ0v) is 73.6. The summed E-state index contributed by atoms with van der Waals surface area (Å²) in [6, 6.07) is 145. The van der Waals surface area contributed by atoms with Gasteiger partial charge in [0.15, 0.2) is 40.8 Å². The van der Waals surface area contributed by atoms with Gasteiger partial charge in [0.1, 0.15) is 0 Å².